The zero-order valence-corrected chi connectivity index (χ0v) is 12.8. The molecule has 1 unspecified atom stereocenters. The van der Waals surface area contributed by atoms with Gasteiger partial charge in [0.2, 0.25) is 0 Å². The van der Waals surface area contributed by atoms with Crippen LogP contribution in [0.4, 0.5) is 4.79 Å². The molecule has 0 spiro atoms. The van der Waals surface area contributed by atoms with E-state index in [0.29, 0.717) is 5.69 Å². The van der Waals surface area contributed by atoms with E-state index in [1.807, 2.05) is 20.8 Å². The summed E-state index contributed by atoms with van der Waals surface area (Å²) < 4.78 is 0. The van der Waals surface area contributed by atoms with Crippen molar-refractivity contribution in [1.82, 2.24) is 20.6 Å². The number of carboxylic acids is 1. The predicted octanol–water partition coefficient (Wildman–Crippen LogP) is 1.67. The lowest BCUT2D eigenvalue weighted by atomic mass is 9.90. The van der Waals surface area contributed by atoms with E-state index in [1.165, 1.54) is 6.33 Å². The molecule has 1 rings (SSSR count). The minimum absolute atomic E-state index is 0.167. The second-order valence-electron chi connectivity index (χ2n) is 5.11. The Morgan fingerprint density at radius 1 is 1.33 bits per heavy atom. The number of imidazole rings is 1. The van der Waals surface area contributed by atoms with Gasteiger partial charge in [0.05, 0.1) is 6.33 Å². The van der Waals surface area contributed by atoms with Gasteiger partial charge in [-0.15, -0.1) is 0 Å². The summed E-state index contributed by atoms with van der Waals surface area (Å²) in [7, 11) is 0. The molecule has 7 nitrogen and oxygen atoms in total. The molecule has 21 heavy (non-hydrogen) atoms. The summed E-state index contributed by atoms with van der Waals surface area (Å²) in [5, 5.41) is 14.6. The fourth-order valence-corrected chi connectivity index (χ4v) is 2.27. The second kappa shape index (κ2) is 7.66. The van der Waals surface area contributed by atoms with Crippen LogP contribution in [-0.2, 0) is 11.2 Å². The molecule has 0 aliphatic heterocycles. The molecule has 0 radical (unpaired) electrons. The summed E-state index contributed by atoms with van der Waals surface area (Å²) >= 11 is 0. The summed E-state index contributed by atoms with van der Waals surface area (Å²) in [6.07, 6.45) is 5.58. The number of carbonyl (C=O) groups is 2. The predicted molar refractivity (Wildman–Crippen MR) is 79.0 cm³/mol. The molecule has 0 saturated heterocycles. The van der Waals surface area contributed by atoms with Crippen LogP contribution >= 0.6 is 0 Å². The van der Waals surface area contributed by atoms with Crippen molar-refractivity contribution in [3.8, 4) is 0 Å². The number of hydrogen-bond acceptors (Lipinski definition) is 3. The van der Waals surface area contributed by atoms with Crippen molar-refractivity contribution in [2.45, 2.75) is 58.0 Å². The van der Waals surface area contributed by atoms with Gasteiger partial charge in [0.25, 0.3) is 0 Å². The number of nitrogens with one attached hydrogen (secondary N) is 3. The maximum absolute atomic E-state index is 12.1. The van der Waals surface area contributed by atoms with E-state index in [2.05, 4.69) is 20.6 Å². The summed E-state index contributed by atoms with van der Waals surface area (Å²) in [5.74, 6) is -1.07. The van der Waals surface area contributed by atoms with Crippen LogP contribution in [0.25, 0.3) is 0 Å². The fraction of sp³-hybridized carbons (Fsp3) is 0.643. The molecular formula is C14H24N4O3. The van der Waals surface area contributed by atoms with Gasteiger partial charge in [-0.3, -0.25) is 0 Å². The van der Waals surface area contributed by atoms with Gasteiger partial charge in [-0.2, -0.15) is 0 Å². The van der Waals surface area contributed by atoms with Crippen molar-refractivity contribution in [2.24, 2.45) is 0 Å². The van der Waals surface area contributed by atoms with E-state index in [-0.39, 0.29) is 12.0 Å². The molecule has 0 aliphatic carbocycles. The molecule has 1 heterocycles. The molecule has 4 N–H and O–H groups in total. The normalized spacial score (nSPS) is 12.7. The highest BCUT2D eigenvalue weighted by Gasteiger charge is 2.28. The zero-order valence-electron chi connectivity index (χ0n) is 12.8. The van der Waals surface area contributed by atoms with Gasteiger partial charge in [-0.25, -0.2) is 14.6 Å². The Bertz CT molecular complexity index is 447. The van der Waals surface area contributed by atoms with Gasteiger partial charge in [0, 0.05) is 23.9 Å². The fourth-order valence-electron chi connectivity index (χ4n) is 2.27. The first kappa shape index (κ1) is 17.0. The Labute approximate surface area is 124 Å². The third-order valence-corrected chi connectivity index (χ3v) is 3.99. The number of carbonyl (C=O) groups excluding carboxylic acids is 1. The van der Waals surface area contributed by atoms with E-state index >= 15 is 0 Å². The standard InChI is InChI=1S/C14H24N4O3/c1-4-14(5-2,6-3)18-13(21)17-11(12(19)20)7-10-8-15-9-16-10/h8-9,11H,4-7H2,1-3H3,(H,15,16)(H,19,20)(H2,17,18,21). The van der Waals surface area contributed by atoms with Crippen molar-refractivity contribution in [1.29, 1.82) is 0 Å². The highest BCUT2D eigenvalue weighted by Crippen LogP contribution is 2.18. The summed E-state index contributed by atoms with van der Waals surface area (Å²) in [5.41, 5.74) is 0.372. The van der Waals surface area contributed by atoms with E-state index in [4.69, 9.17) is 0 Å². The van der Waals surface area contributed by atoms with Gasteiger partial charge < -0.3 is 20.7 Å². The smallest absolute Gasteiger partial charge is 0.326 e. The van der Waals surface area contributed by atoms with Crippen LogP contribution in [-0.4, -0.2) is 38.7 Å². The molecule has 0 fully saturated rings. The van der Waals surface area contributed by atoms with Crippen LogP contribution in [0.3, 0.4) is 0 Å². The highest BCUT2D eigenvalue weighted by atomic mass is 16.4. The number of aromatic amines is 1. The minimum atomic E-state index is -1.07. The number of nitrogens with zero attached hydrogens (tertiary/aromatic N) is 1. The van der Waals surface area contributed by atoms with Crippen LogP contribution in [0, 0.1) is 0 Å². The van der Waals surface area contributed by atoms with E-state index in [1.54, 1.807) is 6.20 Å². The number of amides is 2. The van der Waals surface area contributed by atoms with E-state index < -0.39 is 18.0 Å². The third kappa shape index (κ3) is 4.77. The summed E-state index contributed by atoms with van der Waals surface area (Å²) in [6.45, 7) is 6.02. The van der Waals surface area contributed by atoms with Crippen molar-refractivity contribution >= 4 is 12.0 Å². The van der Waals surface area contributed by atoms with Crippen molar-refractivity contribution in [3.05, 3.63) is 18.2 Å². The number of aliphatic carboxylic acids is 1. The number of carboxylic acid groups (broad SMARTS) is 1. The lowest BCUT2D eigenvalue weighted by molar-refractivity contribution is -0.139. The van der Waals surface area contributed by atoms with Crippen LogP contribution in [0.1, 0.15) is 45.7 Å². The molecule has 0 aromatic carbocycles. The van der Waals surface area contributed by atoms with Crippen molar-refractivity contribution in [3.63, 3.8) is 0 Å². The number of aromatic nitrogens is 2. The Hall–Kier alpha value is -2.05. The molecule has 1 aromatic rings. The van der Waals surface area contributed by atoms with Gasteiger partial charge in [-0.1, -0.05) is 20.8 Å². The minimum Gasteiger partial charge on any atom is -0.480 e. The maximum Gasteiger partial charge on any atom is 0.326 e. The van der Waals surface area contributed by atoms with Crippen LogP contribution in [0.2, 0.25) is 0 Å². The monoisotopic (exact) mass is 296 g/mol. The number of hydrogen-bond donors (Lipinski definition) is 4. The van der Waals surface area contributed by atoms with E-state index in [0.717, 1.165) is 19.3 Å². The molecule has 7 heteroatoms. The molecule has 0 saturated carbocycles. The van der Waals surface area contributed by atoms with Gasteiger partial charge in [-0.05, 0) is 19.3 Å². The largest absolute Gasteiger partial charge is 0.480 e. The first-order valence-electron chi connectivity index (χ1n) is 7.25. The lowest BCUT2D eigenvalue weighted by Gasteiger charge is -2.32. The second-order valence-corrected chi connectivity index (χ2v) is 5.11. The molecule has 1 atom stereocenters. The average Bonchev–Trinajstić information content (AvgIpc) is 2.97. The lowest BCUT2D eigenvalue weighted by Crippen LogP contribution is -2.55. The van der Waals surface area contributed by atoms with Crippen LogP contribution in [0.15, 0.2) is 12.5 Å². The van der Waals surface area contributed by atoms with Crippen molar-refractivity contribution in [2.75, 3.05) is 0 Å². The molecule has 2 amide bonds. The molecule has 0 aliphatic rings. The average molecular weight is 296 g/mol. The third-order valence-electron chi connectivity index (χ3n) is 3.99. The summed E-state index contributed by atoms with van der Waals surface area (Å²) in [4.78, 5) is 30.0. The number of rotatable bonds is 8. The first-order chi connectivity index (χ1) is 9.96. The van der Waals surface area contributed by atoms with Crippen molar-refractivity contribution < 1.29 is 14.7 Å². The molecule has 0 bridgehead atoms. The number of urea groups is 1. The SMILES string of the molecule is CCC(CC)(CC)NC(=O)NC(Cc1cnc[nH]1)C(=O)O. The Balaban J connectivity index is 2.66. The van der Waals surface area contributed by atoms with Gasteiger partial charge in [0.1, 0.15) is 6.04 Å². The molecular weight excluding hydrogens is 272 g/mol. The Morgan fingerprint density at radius 3 is 2.38 bits per heavy atom. The van der Waals surface area contributed by atoms with Gasteiger partial charge in [0.15, 0.2) is 0 Å². The maximum atomic E-state index is 12.1. The summed E-state index contributed by atoms with van der Waals surface area (Å²) in [6, 6.07) is -1.44. The Morgan fingerprint density at radius 2 is 1.95 bits per heavy atom. The van der Waals surface area contributed by atoms with E-state index in [9.17, 15) is 14.7 Å². The number of H-pyrrole nitrogens is 1. The van der Waals surface area contributed by atoms with Crippen LogP contribution in [0.5, 0.6) is 0 Å². The quantitative estimate of drug-likeness (QED) is 0.585. The molecule has 1 aromatic heterocycles. The Kier molecular flexibility index (Phi) is 6.20. The topological polar surface area (TPSA) is 107 Å². The van der Waals surface area contributed by atoms with Crippen LogP contribution < -0.4 is 10.6 Å². The van der Waals surface area contributed by atoms with Gasteiger partial charge >= 0.3 is 12.0 Å². The first-order valence-corrected chi connectivity index (χ1v) is 7.25. The zero-order chi connectivity index (χ0) is 15.9. The molecule has 118 valence electrons. The highest BCUT2D eigenvalue weighted by molar-refractivity contribution is 5.83.